The van der Waals surface area contributed by atoms with Crippen LogP contribution in [0.15, 0.2) is 6.33 Å². The van der Waals surface area contributed by atoms with Gasteiger partial charge in [-0.15, -0.1) is 10.2 Å². The Balaban J connectivity index is 2.58. The quantitative estimate of drug-likeness (QED) is 0.619. The van der Waals surface area contributed by atoms with Gasteiger partial charge in [-0.05, 0) is 13.8 Å². The zero-order valence-electron chi connectivity index (χ0n) is 7.53. The van der Waals surface area contributed by atoms with E-state index < -0.39 is 0 Å². The van der Waals surface area contributed by atoms with Crippen LogP contribution in [-0.2, 0) is 13.6 Å². The van der Waals surface area contributed by atoms with E-state index in [9.17, 15) is 0 Å². The Hall–Kier alpha value is -0.170. The largest absolute Gasteiger partial charge is 0.320 e. The molecule has 5 heteroatoms. The molecule has 0 saturated carbocycles. The number of nitrogens with zero attached hydrogens (tertiary/aromatic N) is 4. The first kappa shape index (κ1) is 9.91. The molecule has 0 aliphatic carbocycles. The van der Waals surface area contributed by atoms with Gasteiger partial charge < -0.3 is 4.57 Å². The second-order valence-corrected chi connectivity index (χ2v) is 4.25. The monoisotopic (exact) mass is 280 g/mol. The van der Waals surface area contributed by atoms with Crippen LogP contribution in [0, 0.1) is 0 Å². The summed E-state index contributed by atoms with van der Waals surface area (Å²) in [6.45, 7) is 5.15. The minimum atomic E-state index is 0.530. The van der Waals surface area contributed by atoms with Crippen molar-refractivity contribution in [2.24, 2.45) is 7.05 Å². The van der Waals surface area contributed by atoms with E-state index in [1.807, 2.05) is 11.6 Å². The molecule has 0 atom stereocenters. The molecule has 4 nitrogen and oxygen atoms in total. The standard InChI is InChI=1S/C7H13IN4/c1-6(2)12(8)4-7-10-9-5-11(7)3/h5-6H,4H2,1-3H3. The summed E-state index contributed by atoms with van der Waals surface area (Å²) in [5.74, 6) is 0.998. The SMILES string of the molecule is CC(C)N(I)Cc1nncn1C. The summed E-state index contributed by atoms with van der Waals surface area (Å²) in [6, 6.07) is 0.530. The third-order valence-corrected chi connectivity index (χ3v) is 3.11. The Morgan fingerprint density at radius 1 is 1.67 bits per heavy atom. The lowest BCUT2D eigenvalue weighted by Gasteiger charge is -2.17. The molecule has 1 aromatic heterocycles. The Bertz CT molecular complexity index is 245. The van der Waals surface area contributed by atoms with Gasteiger partial charge in [-0.1, -0.05) is 0 Å². The van der Waals surface area contributed by atoms with Crippen molar-refractivity contribution in [2.75, 3.05) is 0 Å². The van der Waals surface area contributed by atoms with Crippen molar-refractivity contribution in [3.05, 3.63) is 12.2 Å². The number of rotatable bonds is 3. The van der Waals surface area contributed by atoms with E-state index in [4.69, 9.17) is 0 Å². The molecule has 1 rings (SSSR count). The predicted molar refractivity (Wildman–Crippen MR) is 55.7 cm³/mol. The Kier molecular flexibility index (Phi) is 3.45. The second kappa shape index (κ2) is 4.18. The van der Waals surface area contributed by atoms with Gasteiger partial charge >= 0.3 is 0 Å². The number of hydrogen-bond acceptors (Lipinski definition) is 3. The normalized spacial score (nSPS) is 11.5. The van der Waals surface area contributed by atoms with Gasteiger partial charge in [0.15, 0.2) is 0 Å². The summed E-state index contributed by atoms with van der Waals surface area (Å²) in [7, 11) is 1.96. The first-order chi connectivity index (χ1) is 5.61. The van der Waals surface area contributed by atoms with Crippen LogP contribution in [-0.4, -0.2) is 23.9 Å². The van der Waals surface area contributed by atoms with Crippen LogP contribution < -0.4 is 0 Å². The fourth-order valence-electron chi connectivity index (χ4n) is 0.768. The summed E-state index contributed by atoms with van der Waals surface area (Å²) in [4.78, 5) is 0. The lowest BCUT2D eigenvalue weighted by atomic mass is 10.4. The van der Waals surface area contributed by atoms with Crippen molar-refractivity contribution in [3.8, 4) is 0 Å². The molecule has 0 fully saturated rings. The highest BCUT2D eigenvalue weighted by molar-refractivity contribution is 14.1. The summed E-state index contributed by atoms with van der Waals surface area (Å²) in [6.07, 6.45) is 1.72. The van der Waals surface area contributed by atoms with Crippen LogP contribution in [0.1, 0.15) is 19.7 Å². The molecule has 0 aliphatic rings. The molecule has 0 bridgehead atoms. The third-order valence-electron chi connectivity index (χ3n) is 1.66. The molecule has 0 saturated heterocycles. The van der Waals surface area contributed by atoms with Crippen LogP contribution >= 0.6 is 22.9 Å². The molecular formula is C7H13IN4. The molecule has 68 valence electrons. The highest BCUT2D eigenvalue weighted by Gasteiger charge is 2.09. The molecule has 1 heterocycles. The van der Waals surface area contributed by atoms with E-state index in [0.29, 0.717) is 6.04 Å². The van der Waals surface area contributed by atoms with E-state index in [1.54, 1.807) is 6.33 Å². The van der Waals surface area contributed by atoms with E-state index >= 15 is 0 Å². The van der Waals surface area contributed by atoms with E-state index in [2.05, 4.69) is 50.0 Å². The Labute approximate surface area is 86.5 Å². The van der Waals surface area contributed by atoms with Crippen molar-refractivity contribution < 1.29 is 0 Å². The third kappa shape index (κ3) is 2.41. The lowest BCUT2D eigenvalue weighted by Crippen LogP contribution is -2.21. The highest BCUT2D eigenvalue weighted by atomic mass is 127. The highest BCUT2D eigenvalue weighted by Crippen LogP contribution is 2.10. The van der Waals surface area contributed by atoms with Gasteiger partial charge in [0.25, 0.3) is 0 Å². The van der Waals surface area contributed by atoms with Crippen LogP contribution in [0.25, 0.3) is 0 Å². The van der Waals surface area contributed by atoms with Crippen LogP contribution in [0.5, 0.6) is 0 Å². The topological polar surface area (TPSA) is 34.0 Å². The second-order valence-electron chi connectivity index (χ2n) is 3.01. The fraction of sp³-hybridized carbons (Fsp3) is 0.714. The molecule has 0 amide bonds. The molecule has 0 radical (unpaired) electrons. The van der Waals surface area contributed by atoms with Gasteiger partial charge in [0.2, 0.25) is 0 Å². The molecule has 0 N–H and O–H groups in total. The molecule has 1 aromatic rings. The number of halogens is 1. The van der Waals surface area contributed by atoms with Gasteiger partial charge in [0.05, 0.1) is 6.54 Å². The van der Waals surface area contributed by atoms with E-state index in [-0.39, 0.29) is 0 Å². The zero-order chi connectivity index (χ0) is 9.14. The summed E-state index contributed by atoms with van der Waals surface area (Å²) in [5, 5.41) is 7.82. The fourth-order valence-corrected chi connectivity index (χ4v) is 1.07. The summed E-state index contributed by atoms with van der Waals surface area (Å²) >= 11 is 2.30. The van der Waals surface area contributed by atoms with Crippen molar-refractivity contribution >= 4 is 22.9 Å². The minimum Gasteiger partial charge on any atom is -0.320 e. The molecular weight excluding hydrogens is 267 g/mol. The maximum atomic E-state index is 4.00. The molecule has 12 heavy (non-hydrogen) atoms. The van der Waals surface area contributed by atoms with Gasteiger partial charge in [-0.3, -0.25) is 0 Å². The summed E-state index contributed by atoms with van der Waals surface area (Å²) < 4.78 is 4.13. The van der Waals surface area contributed by atoms with Crippen molar-refractivity contribution in [3.63, 3.8) is 0 Å². The molecule has 0 aromatic carbocycles. The van der Waals surface area contributed by atoms with E-state index in [1.165, 1.54) is 0 Å². The lowest BCUT2D eigenvalue weighted by molar-refractivity contribution is 0.409. The molecule has 0 unspecified atom stereocenters. The number of aromatic nitrogens is 3. The van der Waals surface area contributed by atoms with Gasteiger partial charge in [0.1, 0.15) is 12.2 Å². The van der Waals surface area contributed by atoms with Crippen molar-refractivity contribution in [1.29, 1.82) is 0 Å². The van der Waals surface area contributed by atoms with E-state index in [0.717, 1.165) is 12.4 Å². The zero-order valence-corrected chi connectivity index (χ0v) is 9.69. The number of aryl methyl sites for hydroxylation is 1. The average Bonchev–Trinajstić information content (AvgIpc) is 2.36. The Morgan fingerprint density at radius 3 is 2.75 bits per heavy atom. The van der Waals surface area contributed by atoms with Crippen LogP contribution in [0.2, 0.25) is 0 Å². The molecule has 0 aliphatic heterocycles. The predicted octanol–water partition coefficient (Wildman–Crippen LogP) is 1.38. The van der Waals surface area contributed by atoms with Crippen LogP contribution in [0.3, 0.4) is 0 Å². The Morgan fingerprint density at radius 2 is 2.33 bits per heavy atom. The first-order valence-corrected chi connectivity index (χ1v) is 4.83. The summed E-state index contributed by atoms with van der Waals surface area (Å²) in [5.41, 5.74) is 0. The smallest absolute Gasteiger partial charge is 0.147 e. The van der Waals surface area contributed by atoms with Gasteiger partial charge in [0, 0.05) is 36.0 Å². The maximum absolute atomic E-state index is 4.00. The van der Waals surface area contributed by atoms with Crippen molar-refractivity contribution in [2.45, 2.75) is 26.4 Å². The van der Waals surface area contributed by atoms with Gasteiger partial charge in [-0.25, -0.2) is 3.11 Å². The van der Waals surface area contributed by atoms with Crippen molar-refractivity contribution in [1.82, 2.24) is 17.9 Å². The van der Waals surface area contributed by atoms with Gasteiger partial charge in [-0.2, -0.15) is 0 Å². The minimum absolute atomic E-state index is 0.530. The molecule has 0 spiro atoms. The maximum Gasteiger partial charge on any atom is 0.147 e. The average molecular weight is 280 g/mol. The number of hydrogen-bond donors (Lipinski definition) is 0. The van der Waals surface area contributed by atoms with Crippen LogP contribution in [0.4, 0.5) is 0 Å². The first-order valence-electron chi connectivity index (χ1n) is 3.86.